The number of halogens is 1. The van der Waals surface area contributed by atoms with Gasteiger partial charge in [0.25, 0.3) is 0 Å². The molecule has 1 aliphatic rings. The number of aryl methyl sites for hydroxylation is 1. The predicted octanol–water partition coefficient (Wildman–Crippen LogP) is 2.20. The molecule has 2 N–H and O–H groups in total. The lowest BCUT2D eigenvalue weighted by Gasteiger charge is -2.33. The molecule has 0 amide bonds. The van der Waals surface area contributed by atoms with Gasteiger partial charge in [-0.3, -0.25) is 4.99 Å². The molecule has 2 rings (SSSR count). The molecule has 1 aromatic heterocycles. The Morgan fingerprint density at radius 1 is 1.23 bits per heavy atom. The fourth-order valence-corrected chi connectivity index (χ4v) is 4.80. The highest BCUT2D eigenvalue weighted by molar-refractivity contribution is 14.0. The summed E-state index contributed by atoms with van der Waals surface area (Å²) in [6.07, 6.45) is 3.87. The van der Waals surface area contributed by atoms with Crippen LogP contribution >= 0.6 is 24.0 Å². The fourth-order valence-electron chi connectivity index (χ4n) is 3.43. The number of anilines is 1. The van der Waals surface area contributed by atoms with E-state index in [2.05, 4.69) is 37.6 Å². The minimum atomic E-state index is -3.25. The molecule has 0 unspecified atom stereocenters. The van der Waals surface area contributed by atoms with Crippen molar-refractivity contribution in [1.29, 1.82) is 0 Å². The Kier molecular flexibility index (Phi) is 11.9. The van der Waals surface area contributed by atoms with E-state index in [4.69, 9.17) is 0 Å². The van der Waals surface area contributed by atoms with E-state index in [0.29, 0.717) is 25.1 Å². The summed E-state index contributed by atoms with van der Waals surface area (Å²) < 4.78 is 26.1. The van der Waals surface area contributed by atoms with Crippen molar-refractivity contribution in [1.82, 2.24) is 19.9 Å². The number of pyridine rings is 1. The van der Waals surface area contributed by atoms with Crippen molar-refractivity contribution in [3.05, 3.63) is 23.9 Å². The summed E-state index contributed by atoms with van der Waals surface area (Å²) in [5, 5.41) is 6.69. The second-order valence-corrected chi connectivity index (χ2v) is 9.35. The van der Waals surface area contributed by atoms with Crippen LogP contribution in [0.2, 0.25) is 0 Å². The third-order valence-electron chi connectivity index (χ3n) is 5.12. The van der Waals surface area contributed by atoms with E-state index in [1.807, 2.05) is 33.9 Å². The van der Waals surface area contributed by atoms with Crippen molar-refractivity contribution in [3.63, 3.8) is 0 Å². The molecule has 0 aromatic carbocycles. The first-order chi connectivity index (χ1) is 13.9. The van der Waals surface area contributed by atoms with Crippen LogP contribution in [0.1, 0.15) is 39.2 Å². The molecule has 0 saturated carbocycles. The quantitative estimate of drug-likeness (QED) is 0.278. The average Bonchev–Trinajstić information content (AvgIpc) is 2.70. The van der Waals surface area contributed by atoms with E-state index in [1.54, 1.807) is 0 Å². The summed E-state index contributed by atoms with van der Waals surface area (Å²) in [4.78, 5) is 11.3. The molecule has 10 heteroatoms. The standard InChI is InChI=1S/C20H36N6O2S.HI/c1-5-21-20(22-12-15-29(27,28)26(6-2)7-3)24-18-10-13-25(14-11-18)19-9-8-17(4)16-23-19;/h8-9,16,18H,5-7,10-15H2,1-4H3,(H2,21,22,24);1H. The molecule has 1 saturated heterocycles. The van der Waals surface area contributed by atoms with Gasteiger partial charge < -0.3 is 15.5 Å². The molecule has 0 atom stereocenters. The summed E-state index contributed by atoms with van der Waals surface area (Å²) in [6.45, 7) is 11.6. The number of guanidine groups is 1. The van der Waals surface area contributed by atoms with Crippen molar-refractivity contribution in [3.8, 4) is 0 Å². The van der Waals surface area contributed by atoms with Crippen LogP contribution in [0.25, 0.3) is 0 Å². The Balaban J connectivity index is 0.00000450. The van der Waals surface area contributed by atoms with Gasteiger partial charge in [-0.25, -0.2) is 17.7 Å². The zero-order chi connectivity index (χ0) is 21.3. The highest BCUT2D eigenvalue weighted by Gasteiger charge is 2.21. The maximum Gasteiger partial charge on any atom is 0.215 e. The minimum Gasteiger partial charge on any atom is -0.357 e. The normalized spacial score (nSPS) is 15.8. The van der Waals surface area contributed by atoms with Gasteiger partial charge in [0.05, 0.1) is 12.3 Å². The molecule has 0 aliphatic carbocycles. The molecule has 172 valence electrons. The largest absolute Gasteiger partial charge is 0.357 e. The molecule has 1 aliphatic heterocycles. The molecule has 0 bridgehead atoms. The number of hydrogen-bond donors (Lipinski definition) is 2. The average molecular weight is 553 g/mol. The van der Waals surface area contributed by atoms with E-state index in [9.17, 15) is 8.42 Å². The third kappa shape index (κ3) is 8.18. The number of aromatic nitrogens is 1. The Morgan fingerprint density at radius 3 is 2.43 bits per heavy atom. The second-order valence-electron chi connectivity index (χ2n) is 7.26. The van der Waals surface area contributed by atoms with Gasteiger partial charge in [0.2, 0.25) is 10.0 Å². The van der Waals surface area contributed by atoms with Crippen molar-refractivity contribution < 1.29 is 8.42 Å². The Labute approximate surface area is 199 Å². The first-order valence-electron chi connectivity index (χ1n) is 10.6. The zero-order valence-corrected chi connectivity index (χ0v) is 21.7. The zero-order valence-electron chi connectivity index (χ0n) is 18.6. The Bertz CT molecular complexity index is 745. The first kappa shape index (κ1) is 26.9. The van der Waals surface area contributed by atoms with Gasteiger partial charge in [0.1, 0.15) is 5.82 Å². The summed E-state index contributed by atoms with van der Waals surface area (Å²) in [6, 6.07) is 4.48. The molecular formula is C20H37IN6O2S. The Hall–Kier alpha value is -1.14. The minimum absolute atomic E-state index is 0. The van der Waals surface area contributed by atoms with Crippen LogP contribution in [0.15, 0.2) is 23.3 Å². The van der Waals surface area contributed by atoms with Crippen LogP contribution in [-0.4, -0.2) is 74.7 Å². The van der Waals surface area contributed by atoms with E-state index in [-0.39, 0.29) is 36.3 Å². The highest BCUT2D eigenvalue weighted by Crippen LogP contribution is 2.18. The van der Waals surface area contributed by atoms with E-state index >= 15 is 0 Å². The smallest absolute Gasteiger partial charge is 0.215 e. The second kappa shape index (κ2) is 13.3. The number of nitrogens with one attached hydrogen (secondary N) is 2. The molecule has 30 heavy (non-hydrogen) atoms. The topological polar surface area (TPSA) is 89.9 Å². The first-order valence-corrected chi connectivity index (χ1v) is 12.2. The molecule has 1 aromatic rings. The van der Waals surface area contributed by atoms with Gasteiger partial charge in [-0.2, -0.15) is 0 Å². The third-order valence-corrected chi connectivity index (χ3v) is 7.12. The van der Waals surface area contributed by atoms with Crippen LogP contribution in [0.3, 0.4) is 0 Å². The van der Waals surface area contributed by atoms with Crippen LogP contribution in [0, 0.1) is 6.92 Å². The van der Waals surface area contributed by atoms with Gasteiger partial charge in [0, 0.05) is 45.0 Å². The Morgan fingerprint density at radius 2 is 1.90 bits per heavy atom. The molecule has 0 radical (unpaired) electrons. The SMILES string of the molecule is CCNC(=NCCS(=O)(=O)N(CC)CC)NC1CCN(c2ccc(C)cn2)CC1.I. The number of aliphatic imine (C=N–C) groups is 1. The summed E-state index contributed by atoms with van der Waals surface area (Å²) >= 11 is 0. The number of sulfonamides is 1. The van der Waals surface area contributed by atoms with Gasteiger partial charge in [-0.15, -0.1) is 24.0 Å². The lowest BCUT2D eigenvalue weighted by molar-refractivity contribution is 0.445. The van der Waals surface area contributed by atoms with Crippen LogP contribution in [0.5, 0.6) is 0 Å². The number of nitrogens with zero attached hydrogens (tertiary/aromatic N) is 4. The van der Waals surface area contributed by atoms with Gasteiger partial charge in [0.15, 0.2) is 5.96 Å². The number of rotatable bonds is 9. The molecule has 0 spiro atoms. The molecule has 8 nitrogen and oxygen atoms in total. The van der Waals surface area contributed by atoms with Gasteiger partial charge in [-0.05, 0) is 38.3 Å². The maximum atomic E-state index is 12.3. The van der Waals surface area contributed by atoms with Crippen molar-refractivity contribution in [2.75, 3.05) is 49.9 Å². The van der Waals surface area contributed by atoms with Crippen molar-refractivity contribution in [2.45, 2.75) is 46.6 Å². The van der Waals surface area contributed by atoms with E-state index in [1.165, 1.54) is 9.87 Å². The summed E-state index contributed by atoms with van der Waals surface area (Å²) in [7, 11) is -3.25. The van der Waals surface area contributed by atoms with Crippen LogP contribution in [-0.2, 0) is 10.0 Å². The summed E-state index contributed by atoms with van der Waals surface area (Å²) in [5.74, 6) is 1.74. The monoisotopic (exact) mass is 552 g/mol. The number of piperidine rings is 1. The van der Waals surface area contributed by atoms with Gasteiger partial charge >= 0.3 is 0 Å². The highest BCUT2D eigenvalue weighted by atomic mass is 127. The lowest BCUT2D eigenvalue weighted by Crippen LogP contribution is -2.49. The fraction of sp³-hybridized carbons (Fsp3) is 0.700. The molecule has 1 fully saturated rings. The van der Waals surface area contributed by atoms with Crippen molar-refractivity contribution >= 4 is 45.8 Å². The predicted molar refractivity (Wildman–Crippen MR) is 135 cm³/mol. The summed E-state index contributed by atoms with van der Waals surface area (Å²) in [5.41, 5.74) is 1.17. The van der Waals surface area contributed by atoms with E-state index < -0.39 is 10.0 Å². The van der Waals surface area contributed by atoms with Crippen LogP contribution in [0.4, 0.5) is 5.82 Å². The van der Waals surface area contributed by atoms with Gasteiger partial charge in [-0.1, -0.05) is 19.9 Å². The van der Waals surface area contributed by atoms with Crippen LogP contribution < -0.4 is 15.5 Å². The number of hydrogen-bond acceptors (Lipinski definition) is 5. The maximum absolute atomic E-state index is 12.3. The molecular weight excluding hydrogens is 515 g/mol. The lowest BCUT2D eigenvalue weighted by atomic mass is 10.1. The molecule has 2 heterocycles. The van der Waals surface area contributed by atoms with Crippen molar-refractivity contribution in [2.24, 2.45) is 4.99 Å². The van der Waals surface area contributed by atoms with E-state index in [0.717, 1.165) is 38.3 Å².